The SMILES string of the molecule is Cc1cc(N)nc(C)c1CN.Cc1cc(N)nc(C)c1CNC(=O)c1nn(Cc2ccc3ncc(Cl)cc3c2)nc1C#N.N#Cc1nn(Cc2ccc3ncc(Cl)cc3c2)nc1C(=O)O. The van der Waals surface area contributed by atoms with Crippen LogP contribution in [0.25, 0.3) is 21.8 Å². The molecule has 0 spiro atoms. The number of anilines is 2. The van der Waals surface area contributed by atoms with Crippen LogP contribution in [0.1, 0.15) is 77.1 Å². The van der Waals surface area contributed by atoms with E-state index in [0.29, 0.717) is 28.2 Å². The highest BCUT2D eigenvalue weighted by atomic mass is 35.5. The van der Waals surface area contributed by atoms with Crippen molar-refractivity contribution >= 4 is 68.5 Å². The summed E-state index contributed by atoms with van der Waals surface area (Å²) in [4.78, 5) is 43.0. The number of halogens is 2. The van der Waals surface area contributed by atoms with Crippen LogP contribution in [-0.2, 0) is 26.2 Å². The van der Waals surface area contributed by atoms with Crippen molar-refractivity contribution in [1.82, 2.24) is 55.2 Å². The van der Waals surface area contributed by atoms with Crippen LogP contribution in [0.3, 0.4) is 0 Å². The lowest BCUT2D eigenvalue weighted by molar-refractivity contribution is 0.0688. The van der Waals surface area contributed by atoms with Crippen molar-refractivity contribution < 1.29 is 14.7 Å². The largest absolute Gasteiger partial charge is 0.476 e. The number of carboxylic acids is 1. The lowest BCUT2D eigenvalue weighted by Gasteiger charge is -2.10. The van der Waals surface area contributed by atoms with Crippen molar-refractivity contribution in [3.05, 3.63) is 151 Å². The van der Waals surface area contributed by atoms with E-state index in [1.807, 2.05) is 82.3 Å². The van der Waals surface area contributed by atoms with Crippen LogP contribution in [0.2, 0.25) is 10.0 Å². The number of hydrogen-bond donors (Lipinski definition) is 5. The Morgan fingerprint density at radius 1 is 0.692 bits per heavy atom. The fraction of sp³-hybridized carbons (Fsp3) is 0.182. The Morgan fingerprint density at radius 2 is 1.15 bits per heavy atom. The van der Waals surface area contributed by atoms with Gasteiger partial charge >= 0.3 is 5.97 Å². The van der Waals surface area contributed by atoms with Crippen molar-refractivity contribution in [2.24, 2.45) is 5.73 Å². The van der Waals surface area contributed by atoms with Gasteiger partial charge in [0.15, 0.2) is 17.1 Å². The molecule has 19 nitrogen and oxygen atoms in total. The average Bonchev–Trinajstić information content (AvgIpc) is 3.87. The monoisotopic (exact) mass is 910 g/mol. The number of nitrogen functional groups attached to an aromatic ring is 2. The van der Waals surface area contributed by atoms with E-state index in [2.05, 4.69) is 45.6 Å². The average molecular weight is 912 g/mol. The number of carbonyl (C=O) groups excluding carboxylic acids is 1. The number of rotatable bonds is 9. The second kappa shape index (κ2) is 20.4. The van der Waals surface area contributed by atoms with Crippen LogP contribution >= 0.6 is 23.2 Å². The molecule has 8 rings (SSSR count). The number of carboxylic acid groups (broad SMARTS) is 1. The summed E-state index contributed by atoms with van der Waals surface area (Å²) in [5, 5.41) is 48.9. The number of nitrogens with zero attached hydrogens (tertiary/aromatic N) is 12. The first-order chi connectivity index (χ1) is 31.0. The van der Waals surface area contributed by atoms with Gasteiger partial charge in [-0.1, -0.05) is 35.3 Å². The lowest BCUT2D eigenvalue weighted by Crippen LogP contribution is -2.25. The fourth-order valence-corrected chi connectivity index (χ4v) is 7.05. The first-order valence-corrected chi connectivity index (χ1v) is 20.3. The van der Waals surface area contributed by atoms with E-state index in [1.165, 1.54) is 9.59 Å². The zero-order chi connectivity index (χ0) is 46.9. The molecule has 65 heavy (non-hydrogen) atoms. The molecule has 0 aliphatic heterocycles. The quantitative estimate of drug-likeness (QED) is 0.115. The molecular formula is C44H40Cl2N16O3. The number of pyridine rings is 4. The van der Waals surface area contributed by atoms with Gasteiger partial charge in [0.05, 0.1) is 34.2 Å². The summed E-state index contributed by atoms with van der Waals surface area (Å²) in [6, 6.07) is 22.0. The van der Waals surface area contributed by atoms with E-state index < -0.39 is 11.9 Å². The standard InChI is InChI=1S/C22H19ClN8O.C14H8ClN5O2.C8H13N3/c1-12-5-20(25)28-13(2)17(12)10-27-22(32)21-19(8-24)29-31(30-21)11-14-3-4-18-15(6-14)7-16(23)9-26-18;15-10-4-9-3-8(1-2-11(9)17-6-10)7-20-18-12(5-16)13(19-20)14(21)22;1-5-3-8(10)11-6(2)7(5)4-9/h3-7,9H,10-11H2,1-2H3,(H2,25,28)(H,27,32);1-4,6H,7H2,(H,21,22);3H,4,9H2,1-2H3,(H2,10,11). The highest BCUT2D eigenvalue weighted by molar-refractivity contribution is 6.31. The van der Waals surface area contributed by atoms with Crippen LogP contribution < -0.4 is 22.5 Å². The summed E-state index contributed by atoms with van der Waals surface area (Å²) in [5.74, 6) is -0.774. The van der Waals surface area contributed by atoms with Gasteiger partial charge in [-0.25, -0.2) is 14.8 Å². The Balaban J connectivity index is 0.000000182. The summed E-state index contributed by atoms with van der Waals surface area (Å²) >= 11 is 11.9. The second-order valence-electron chi connectivity index (χ2n) is 14.5. The first kappa shape index (κ1) is 46.4. The van der Waals surface area contributed by atoms with Crippen molar-refractivity contribution in [1.29, 1.82) is 10.5 Å². The zero-order valence-corrected chi connectivity index (χ0v) is 36.9. The van der Waals surface area contributed by atoms with Crippen LogP contribution in [0.5, 0.6) is 0 Å². The van der Waals surface area contributed by atoms with Gasteiger partial charge in [0.1, 0.15) is 23.8 Å². The molecule has 8 N–H and O–H groups in total. The number of aromatic carboxylic acids is 1. The topological polar surface area (TPSA) is 305 Å². The van der Waals surface area contributed by atoms with Gasteiger partial charge in [0.25, 0.3) is 5.91 Å². The molecule has 0 bridgehead atoms. The molecule has 0 radical (unpaired) electrons. The zero-order valence-electron chi connectivity index (χ0n) is 35.4. The Bertz CT molecular complexity index is 3140. The number of nitrogens with one attached hydrogen (secondary N) is 1. The lowest BCUT2D eigenvalue weighted by atomic mass is 10.1. The number of nitrogens with two attached hydrogens (primary N) is 3. The van der Waals surface area contributed by atoms with Crippen molar-refractivity contribution in [2.45, 2.75) is 53.9 Å². The molecule has 2 aromatic carbocycles. The Kier molecular flexibility index (Phi) is 14.6. The molecule has 0 saturated carbocycles. The number of amides is 1. The number of benzene rings is 2. The summed E-state index contributed by atoms with van der Waals surface area (Å²) < 4.78 is 0. The third-order valence-corrected chi connectivity index (χ3v) is 10.2. The summed E-state index contributed by atoms with van der Waals surface area (Å²) in [6.45, 7) is 8.93. The summed E-state index contributed by atoms with van der Waals surface area (Å²) in [6.07, 6.45) is 3.16. The summed E-state index contributed by atoms with van der Waals surface area (Å²) in [7, 11) is 0. The molecular weight excluding hydrogens is 871 g/mol. The molecule has 0 aliphatic carbocycles. The van der Waals surface area contributed by atoms with Crippen LogP contribution in [0, 0.1) is 50.4 Å². The normalized spacial score (nSPS) is 10.6. The van der Waals surface area contributed by atoms with Crippen LogP contribution in [0.15, 0.2) is 73.1 Å². The van der Waals surface area contributed by atoms with E-state index in [0.717, 1.165) is 66.6 Å². The van der Waals surface area contributed by atoms with E-state index in [4.69, 9.17) is 50.8 Å². The molecule has 0 aliphatic rings. The number of nitriles is 2. The van der Waals surface area contributed by atoms with Crippen LogP contribution in [0.4, 0.5) is 11.6 Å². The van der Waals surface area contributed by atoms with Gasteiger partial charge in [-0.15, -0.1) is 20.4 Å². The predicted octanol–water partition coefficient (Wildman–Crippen LogP) is 5.76. The Labute approximate surface area is 381 Å². The smallest absolute Gasteiger partial charge is 0.359 e. The molecule has 21 heteroatoms. The van der Waals surface area contributed by atoms with Crippen molar-refractivity contribution in [2.75, 3.05) is 11.5 Å². The maximum atomic E-state index is 12.7. The van der Waals surface area contributed by atoms with Gasteiger partial charge in [-0.2, -0.15) is 20.1 Å². The van der Waals surface area contributed by atoms with Gasteiger partial charge in [0, 0.05) is 47.6 Å². The number of aryl methyl sites for hydroxylation is 4. The van der Waals surface area contributed by atoms with E-state index >= 15 is 0 Å². The maximum Gasteiger partial charge on any atom is 0.359 e. The fourth-order valence-electron chi connectivity index (χ4n) is 6.72. The molecule has 0 unspecified atom stereocenters. The van der Waals surface area contributed by atoms with Gasteiger partial charge in [-0.3, -0.25) is 14.8 Å². The molecule has 0 fully saturated rings. The number of fused-ring (bicyclic) bond motifs is 2. The second-order valence-corrected chi connectivity index (χ2v) is 15.4. The van der Waals surface area contributed by atoms with E-state index in [9.17, 15) is 14.9 Å². The van der Waals surface area contributed by atoms with Crippen LogP contribution in [-0.4, -0.2) is 66.9 Å². The number of aromatic nitrogens is 10. The summed E-state index contributed by atoms with van der Waals surface area (Å²) in [5.41, 5.74) is 25.2. The minimum atomic E-state index is -1.28. The molecule has 8 aromatic rings. The van der Waals surface area contributed by atoms with Gasteiger partial charge in [-0.05, 0) is 110 Å². The Hall–Kier alpha value is -8.10. The Morgan fingerprint density at radius 3 is 1.58 bits per heavy atom. The van der Waals surface area contributed by atoms with E-state index in [-0.39, 0.29) is 42.4 Å². The number of carbonyl (C=O) groups is 2. The molecule has 0 saturated heterocycles. The first-order valence-electron chi connectivity index (χ1n) is 19.5. The molecule has 328 valence electrons. The number of hydrogen-bond acceptors (Lipinski definition) is 15. The minimum absolute atomic E-state index is 0.0308. The van der Waals surface area contributed by atoms with Crippen molar-refractivity contribution in [3.63, 3.8) is 0 Å². The highest BCUT2D eigenvalue weighted by Crippen LogP contribution is 2.21. The third kappa shape index (κ3) is 11.5. The highest BCUT2D eigenvalue weighted by Gasteiger charge is 2.20. The molecule has 6 aromatic heterocycles. The van der Waals surface area contributed by atoms with Crippen molar-refractivity contribution in [3.8, 4) is 12.1 Å². The third-order valence-electron chi connectivity index (χ3n) is 9.79. The van der Waals surface area contributed by atoms with E-state index in [1.54, 1.807) is 30.6 Å². The van der Waals surface area contributed by atoms with Gasteiger partial charge in [0.2, 0.25) is 5.69 Å². The minimum Gasteiger partial charge on any atom is -0.476 e. The molecule has 6 heterocycles. The maximum absolute atomic E-state index is 12.7. The molecule has 0 atom stereocenters. The predicted molar refractivity (Wildman–Crippen MR) is 243 cm³/mol. The molecule has 1 amide bonds. The van der Waals surface area contributed by atoms with Gasteiger partial charge < -0.3 is 27.6 Å².